The highest BCUT2D eigenvalue weighted by atomic mass is 19.1. The van der Waals surface area contributed by atoms with Crippen LogP contribution in [0, 0.1) is 5.82 Å². The topological polar surface area (TPSA) is 85.9 Å². The maximum absolute atomic E-state index is 13.4. The summed E-state index contributed by atoms with van der Waals surface area (Å²) in [7, 11) is 0. The van der Waals surface area contributed by atoms with Crippen LogP contribution in [-0.4, -0.2) is 54.4 Å². The molecule has 8 nitrogen and oxygen atoms in total. The van der Waals surface area contributed by atoms with Crippen molar-refractivity contribution in [2.24, 2.45) is 5.16 Å². The smallest absolute Gasteiger partial charge is 0.231 e. The quantitative estimate of drug-likeness (QED) is 0.446. The third-order valence-electron chi connectivity index (χ3n) is 5.82. The molecule has 0 bridgehead atoms. The van der Waals surface area contributed by atoms with E-state index in [-0.39, 0.29) is 25.3 Å². The minimum Gasteiger partial charge on any atom is -0.467 e. The molecule has 0 radical (unpaired) electrons. The molecule has 9 heteroatoms. The lowest BCUT2D eigenvalue weighted by atomic mass is 10.0. The molecular formula is C26H27FN2O6. The zero-order valence-electron chi connectivity index (χ0n) is 19.1. The molecule has 2 aliphatic rings. The van der Waals surface area contributed by atoms with Crippen molar-refractivity contribution in [3.63, 3.8) is 0 Å². The van der Waals surface area contributed by atoms with Crippen molar-refractivity contribution < 1.29 is 33.0 Å². The van der Waals surface area contributed by atoms with Gasteiger partial charge in [0.25, 0.3) is 0 Å². The summed E-state index contributed by atoms with van der Waals surface area (Å²) in [6, 6.07) is 15.7. The Hall–Kier alpha value is -3.40. The third-order valence-corrected chi connectivity index (χ3v) is 5.82. The van der Waals surface area contributed by atoms with Crippen LogP contribution in [0.5, 0.6) is 11.5 Å². The number of hydrogen-bond acceptors (Lipinski definition) is 8. The highest BCUT2D eigenvalue weighted by Crippen LogP contribution is 2.33. The predicted molar refractivity (Wildman–Crippen MR) is 125 cm³/mol. The summed E-state index contributed by atoms with van der Waals surface area (Å²) in [6.07, 6.45) is 1.29. The lowest BCUT2D eigenvalue weighted by Gasteiger charge is -2.27. The SMILES string of the molecule is OC(COCc1ccco1)CN(Cc1ccc(F)cc1)CC1CC(c2ccc3c(c2)OCO3)=NO1. The Balaban J connectivity index is 1.18. The second-order valence-electron chi connectivity index (χ2n) is 8.61. The van der Waals surface area contributed by atoms with Crippen molar-refractivity contribution >= 4 is 5.71 Å². The summed E-state index contributed by atoms with van der Waals surface area (Å²) in [6.45, 7) is 2.08. The number of oxime groups is 1. The summed E-state index contributed by atoms with van der Waals surface area (Å²) in [5, 5.41) is 14.9. The fourth-order valence-corrected chi connectivity index (χ4v) is 4.15. The van der Waals surface area contributed by atoms with Gasteiger partial charge < -0.3 is 28.6 Å². The van der Waals surface area contributed by atoms with Gasteiger partial charge in [-0.1, -0.05) is 17.3 Å². The first kappa shape index (κ1) is 23.3. The summed E-state index contributed by atoms with van der Waals surface area (Å²) < 4.78 is 35.1. The molecule has 2 unspecified atom stereocenters. The third kappa shape index (κ3) is 6.19. The highest BCUT2D eigenvalue weighted by Gasteiger charge is 2.27. The Labute approximate surface area is 202 Å². The Bertz CT molecular complexity index is 1140. The van der Waals surface area contributed by atoms with E-state index in [1.807, 2.05) is 24.3 Å². The van der Waals surface area contributed by atoms with Crippen LogP contribution in [0.25, 0.3) is 0 Å². The number of halogens is 1. The van der Waals surface area contributed by atoms with Gasteiger partial charge in [0.2, 0.25) is 6.79 Å². The van der Waals surface area contributed by atoms with Crippen molar-refractivity contribution in [2.75, 3.05) is 26.5 Å². The number of aliphatic hydroxyl groups is 1. The number of benzene rings is 2. The van der Waals surface area contributed by atoms with E-state index < -0.39 is 6.10 Å². The van der Waals surface area contributed by atoms with Crippen molar-refractivity contribution in [2.45, 2.75) is 31.8 Å². The van der Waals surface area contributed by atoms with Crippen LogP contribution in [0.4, 0.5) is 4.39 Å². The van der Waals surface area contributed by atoms with E-state index in [9.17, 15) is 9.50 Å². The van der Waals surface area contributed by atoms with Gasteiger partial charge in [0.15, 0.2) is 11.5 Å². The highest BCUT2D eigenvalue weighted by molar-refractivity contribution is 6.01. The second kappa shape index (κ2) is 10.9. The Morgan fingerprint density at radius 1 is 1.11 bits per heavy atom. The van der Waals surface area contributed by atoms with E-state index in [0.717, 1.165) is 22.6 Å². The van der Waals surface area contributed by atoms with E-state index >= 15 is 0 Å². The molecule has 184 valence electrons. The minimum atomic E-state index is -0.721. The van der Waals surface area contributed by atoms with Crippen LogP contribution in [0.2, 0.25) is 0 Å². The van der Waals surface area contributed by atoms with Gasteiger partial charge in [-0.3, -0.25) is 4.90 Å². The molecule has 0 saturated carbocycles. The van der Waals surface area contributed by atoms with E-state index in [1.165, 1.54) is 12.1 Å². The molecule has 0 amide bonds. The first-order valence-corrected chi connectivity index (χ1v) is 11.5. The fourth-order valence-electron chi connectivity index (χ4n) is 4.15. The van der Waals surface area contributed by atoms with Crippen LogP contribution in [0.15, 0.2) is 70.4 Å². The number of rotatable bonds is 11. The first-order chi connectivity index (χ1) is 17.1. The molecule has 3 heterocycles. The summed E-state index contributed by atoms with van der Waals surface area (Å²) in [4.78, 5) is 7.79. The number of hydrogen-bond donors (Lipinski definition) is 1. The van der Waals surface area contributed by atoms with Crippen molar-refractivity contribution in [1.29, 1.82) is 0 Å². The molecule has 3 aromatic rings. The van der Waals surface area contributed by atoms with Crippen LogP contribution in [0.3, 0.4) is 0 Å². The molecule has 0 fully saturated rings. The molecule has 5 rings (SSSR count). The van der Waals surface area contributed by atoms with Gasteiger partial charge in [-0.2, -0.15) is 0 Å². The van der Waals surface area contributed by atoms with Crippen LogP contribution in [-0.2, 0) is 22.7 Å². The lowest BCUT2D eigenvalue weighted by molar-refractivity contribution is -0.00956. The largest absolute Gasteiger partial charge is 0.467 e. The average Bonchev–Trinajstić information content (AvgIpc) is 3.62. The summed E-state index contributed by atoms with van der Waals surface area (Å²) >= 11 is 0. The molecular weight excluding hydrogens is 455 g/mol. The molecule has 35 heavy (non-hydrogen) atoms. The monoisotopic (exact) mass is 482 g/mol. The van der Waals surface area contributed by atoms with Crippen molar-refractivity contribution in [1.82, 2.24) is 4.90 Å². The number of furan rings is 1. The number of fused-ring (bicyclic) bond motifs is 1. The van der Waals surface area contributed by atoms with Gasteiger partial charge >= 0.3 is 0 Å². The van der Waals surface area contributed by atoms with Crippen LogP contribution in [0.1, 0.15) is 23.3 Å². The molecule has 2 aromatic carbocycles. The summed E-state index contributed by atoms with van der Waals surface area (Å²) in [5.74, 6) is 1.84. The van der Waals surface area contributed by atoms with Crippen molar-refractivity contribution in [3.8, 4) is 11.5 Å². The van der Waals surface area contributed by atoms with E-state index in [2.05, 4.69) is 10.1 Å². The van der Waals surface area contributed by atoms with E-state index in [4.69, 9.17) is 23.5 Å². The molecule has 1 aromatic heterocycles. The van der Waals surface area contributed by atoms with Gasteiger partial charge in [0.05, 0.1) is 24.7 Å². The minimum absolute atomic E-state index is 0.158. The Kier molecular flexibility index (Phi) is 7.27. The normalized spacial score (nSPS) is 17.5. The van der Waals surface area contributed by atoms with Gasteiger partial charge in [0.1, 0.15) is 24.3 Å². The Morgan fingerprint density at radius 2 is 1.97 bits per heavy atom. The fraction of sp³-hybridized carbons (Fsp3) is 0.346. The molecule has 0 spiro atoms. The van der Waals surface area contributed by atoms with Gasteiger partial charge in [0, 0.05) is 31.6 Å². The van der Waals surface area contributed by atoms with Gasteiger partial charge in [-0.05, 0) is 48.0 Å². The Morgan fingerprint density at radius 3 is 2.80 bits per heavy atom. The number of nitrogens with zero attached hydrogens (tertiary/aromatic N) is 2. The molecule has 2 aliphatic heterocycles. The predicted octanol–water partition coefficient (Wildman–Crippen LogP) is 3.72. The van der Waals surface area contributed by atoms with Crippen molar-refractivity contribution in [3.05, 3.63) is 83.6 Å². The number of aliphatic hydroxyl groups excluding tert-OH is 1. The van der Waals surface area contributed by atoms with Gasteiger partial charge in [-0.15, -0.1) is 0 Å². The summed E-state index contributed by atoms with van der Waals surface area (Å²) in [5.41, 5.74) is 2.69. The standard InChI is InChI=1S/C26H27FN2O6/c27-20-6-3-18(4-7-20)12-29(13-21(30)15-31-16-22-2-1-9-32-22)14-23-11-24(28-35-23)19-5-8-25-26(10-19)34-17-33-25/h1-10,21,23,30H,11-17H2. The maximum atomic E-state index is 13.4. The zero-order valence-corrected chi connectivity index (χ0v) is 19.1. The second-order valence-corrected chi connectivity index (χ2v) is 8.61. The average molecular weight is 483 g/mol. The molecule has 0 saturated heterocycles. The van der Waals surface area contributed by atoms with Crippen LogP contribution < -0.4 is 9.47 Å². The lowest BCUT2D eigenvalue weighted by Crippen LogP contribution is -2.39. The van der Waals surface area contributed by atoms with E-state index in [1.54, 1.807) is 24.5 Å². The first-order valence-electron chi connectivity index (χ1n) is 11.5. The molecule has 2 atom stereocenters. The molecule has 1 N–H and O–H groups in total. The molecule has 0 aliphatic carbocycles. The van der Waals surface area contributed by atoms with E-state index in [0.29, 0.717) is 44.2 Å². The maximum Gasteiger partial charge on any atom is 0.231 e. The van der Waals surface area contributed by atoms with Crippen LogP contribution >= 0.6 is 0 Å². The zero-order chi connectivity index (χ0) is 24.0. The number of ether oxygens (including phenoxy) is 3. The van der Waals surface area contributed by atoms with Gasteiger partial charge in [-0.25, -0.2) is 4.39 Å².